The lowest BCUT2D eigenvalue weighted by molar-refractivity contribution is -0.140. The molecule has 0 aromatic heterocycles. The maximum atomic E-state index is 13.3. The number of rotatable bonds is 2. The molecule has 0 spiro atoms. The van der Waals surface area contributed by atoms with Crippen LogP contribution in [0.15, 0.2) is 18.2 Å². The number of hydrogen-bond acceptors (Lipinski definition) is 3. The number of alkyl halides is 3. The van der Waals surface area contributed by atoms with Crippen molar-refractivity contribution in [3.8, 4) is 0 Å². The van der Waals surface area contributed by atoms with Gasteiger partial charge in [-0.1, -0.05) is 0 Å². The van der Waals surface area contributed by atoms with Gasteiger partial charge in [0.15, 0.2) is 0 Å². The first-order valence-electron chi connectivity index (χ1n) is 7.56. The van der Waals surface area contributed by atoms with Crippen molar-refractivity contribution in [1.82, 2.24) is 4.90 Å². The molecule has 0 radical (unpaired) electrons. The molecule has 0 saturated carbocycles. The van der Waals surface area contributed by atoms with Gasteiger partial charge in [-0.2, -0.15) is 13.2 Å². The van der Waals surface area contributed by atoms with E-state index in [0.29, 0.717) is 25.1 Å². The van der Waals surface area contributed by atoms with Crippen LogP contribution in [0.4, 0.5) is 28.0 Å². The van der Waals surface area contributed by atoms with Crippen LogP contribution in [0.2, 0.25) is 0 Å². The third kappa shape index (κ3) is 4.61. The molecule has 1 aromatic carbocycles. The number of nitrogens with zero attached hydrogens (tertiary/aromatic N) is 1. The molecule has 2 amide bonds. The first-order chi connectivity index (χ1) is 11.4. The monoisotopic (exact) mass is 362 g/mol. The standard InChI is InChI=1S/C16H18F4N2O3/c1-15(2,3)25-14(24)22-7-6-12(22)13(23)21-9-4-5-11(17)10(8-9)16(18,19)20/h4-5,8,12H,6-7H2,1-3H3,(H,21,23)/t12-/m0/s1. The van der Waals surface area contributed by atoms with Crippen molar-refractivity contribution in [2.75, 3.05) is 11.9 Å². The van der Waals surface area contributed by atoms with Crippen LogP contribution >= 0.6 is 0 Å². The second-order valence-electron chi connectivity index (χ2n) is 6.66. The summed E-state index contributed by atoms with van der Waals surface area (Å²) in [7, 11) is 0. The minimum Gasteiger partial charge on any atom is -0.444 e. The number of likely N-dealkylation sites (tertiary alicyclic amines) is 1. The van der Waals surface area contributed by atoms with E-state index in [1.807, 2.05) is 0 Å². The largest absolute Gasteiger partial charge is 0.444 e. The van der Waals surface area contributed by atoms with E-state index in [-0.39, 0.29) is 5.69 Å². The first-order valence-corrected chi connectivity index (χ1v) is 7.56. The summed E-state index contributed by atoms with van der Waals surface area (Å²) in [4.78, 5) is 25.3. The lowest BCUT2D eigenvalue weighted by Gasteiger charge is -2.40. The SMILES string of the molecule is CC(C)(C)OC(=O)N1CC[C@H]1C(=O)Nc1ccc(F)c(C(F)(F)F)c1. The Hall–Kier alpha value is -2.32. The van der Waals surface area contributed by atoms with Crippen molar-refractivity contribution in [3.05, 3.63) is 29.6 Å². The van der Waals surface area contributed by atoms with Crippen LogP contribution in [0.3, 0.4) is 0 Å². The molecule has 1 fully saturated rings. The molecule has 2 rings (SSSR count). The molecule has 1 saturated heterocycles. The highest BCUT2D eigenvalue weighted by Gasteiger charge is 2.40. The van der Waals surface area contributed by atoms with E-state index in [0.717, 1.165) is 6.07 Å². The van der Waals surface area contributed by atoms with Gasteiger partial charge in [0.1, 0.15) is 17.5 Å². The molecular weight excluding hydrogens is 344 g/mol. The van der Waals surface area contributed by atoms with Crippen molar-refractivity contribution in [2.24, 2.45) is 0 Å². The minimum absolute atomic E-state index is 0.199. The number of benzene rings is 1. The van der Waals surface area contributed by atoms with Crippen molar-refractivity contribution < 1.29 is 31.9 Å². The highest BCUT2D eigenvalue weighted by atomic mass is 19.4. The van der Waals surface area contributed by atoms with Gasteiger partial charge in [-0.15, -0.1) is 0 Å². The number of nitrogens with one attached hydrogen (secondary N) is 1. The molecule has 1 atom stereocenters. The fourth-order valence-corrected chi connectivity index (χ4v) is 2.24. The zero-order chi connectivity index (χ0) is 19.0. The molecule has 138 valence electrons. The Labute approximate surface area is 141 Å². The Kier molecular flexibility index (Phi) is 4.97. The van der Waals surface area contributed by atoms with Gasteiger partial charge in [0.05, 0.1) is 5.56 Å². The van der Waals surface area contributed by atoms with E-state index in [1.165, 1.54) is 4.90 Å². The Morgan fingerprint density at radius 1 is 1.24 bits per heavy atom. The van der Waals surface area contributed by atoms with Crippen molar-refractivity contribution >= 4 is 17.7 Å². The Morgan fingerprint density at radius 3 is 2.36 bits per heavy atom. The van der Waals surface area contributed by atoms with Crippen LogP contribution in [0.5, 0.6) is 0 Å². The average Bonchev–Trinajstić information content (AvgIpc) is 2.35. The summed E-state index contributed by atoms with van der Waals surface area (Å²) >= 11 is 0. The summed E-state index contributed by atoms with van der Waals surface area (Å²) in [5.74, 6) is -2.08. The van der Waals surface area contributed by atoms with Gasteiger partial charge in [0, 0.05) is 12.2 Å². The molecule has 1 aliphatic rings. The van der Waals surface area contributed by atoms with E-state index >= 15 is 0 Å². The normalized spacial score (nSPS) is 17.7. The molecule has 0 bridgehead atoms. The summed E-state index contributed by atoms with van der Waals surface area (Å²) < 4.78 is 56.5. The third-order valence-electron chi connectivity index (χ3n) is 3.49. The fraction of sp³-hybridized carbons (Fsp3) is 0.500. The number of anilines is 1. The van der Waals surface area contributed by atoms with Crippen LogP contribution in [0, 0.1) is 5.82 Å². The van der Waals surface area contributed by atoms with Gasteiger partial charge in [-0.05, 0) is 45.4 Å². The van der Waals surface area contributed by atoms with Crippen LogP contribution in [0.25, 0.3) is 0 Å². The maximum absolute atomic E-state index is 13.3. The van der Waals surface area contributed by atoms with Gasteiger partial charge < -0.3 is 10.1 Å². The summed E-state index contributed by atoms with van der Waals surface area (Å²) in [6.45, 7) is 5.34. The van der Waals surface area contributed by atoms with E-state index in [1.54, 1.807) is 20.8 Å². The van der Waals surface area contributed by atoms with Crippen LogP contribution in [-0.2, 0) is 15.7 Å². The fourth-order valence-electron chi connectivity index (χ4n) is 2.24. The summed E-state index contributed by atoms with van der Waals surface area (Å²) in [5.41, 5.74) is -2.40. The van der Waals surface area contributed by atoms with Crippen LogP contribution in [-0.4, -0.2) is 35.1 Å². The number of carbonyl (C=O) groups is 2. The molecule has 0 aliphatic carbocycles. The zero-order valence-corrected chi connectivity index (χ0v) is 13.9. The molecule has 0 unspecified atom stereocenters. The molecule has 25 heavy (non-hydrogen) atoms. The minimum atomic E-state index is -4.87. The van der Waals surface area contributed by atoms with Crippen LogP contribution < -0.4 is 5.32 Å². The number of amides is 2. The smallest absolute Gasteiger partial charge is 0.419 e. The topological polar surface area (TPSA) is 58.6 Å². The summed E-state index contributed by atoms with van der Waals surface area (Å²) in [6.07, 6.45) is -5.18. The molecule has 1 aliphatic heterocycles. The summed E-state index contributed by atoms with van der Waals surface area (Å²) in [5, 5.41) is 2.28. The number of halogens is 4. The molecule has 5 nitrogen and oxygen atoms in total. The number of carbonyl (C=O) groups excluding carboxylic acids is 2. The Balaban J connectivity index is 2.07. The van der Waals surface area contributed by atoms with Crippen molar-refractivity contribution in [3.63, 3.8) is 0 Å². The average molecular weight is 362 g/mol. The Morgan fingerprint density at radius 2 is 1.88 bits per heavy atom. The van der Waals surface area contributed by atoms with Crippen LogP contribution in [0.1, 0.15) is 32.8 Å². The van der Waals surface area contributed by atoms with E-state index in [2.05, 4.69) is 5.32 Å². The van der Waals surface area contributed by atoms with Gasteiger partial charge in [-0.25, -0.2) is 9.18 Å². The van der Waals surface area contributed by atoms with Gasteiger partial charge >= 0.3 is 12.3 Å². The highest BCUT2D eigenvalue weighted by molar-refractivity contribution is 5.97. The third-order valence-corrected chi connectivity index (χ3v) is 3.49. The zero-order valence-electron chi connectivity index (χ0n) is 13.9. The molecule has 1 N–H and O–H groups in total. The lowest BCUT2D eigenvalue weighted by atomic mass is 10.0. The van der Waals surface area contributed by atoms with Gasteiger partial charge in [-0.3, -0.25) is 9.69 Å². The highest BCUT2D eigenvalue weighted by Crippen LogP contribution is 2.33. The molecule has 9 heteroatoms. The van der Waals surface area contributed by atoms with Crippen molar-refractivity contribution in [2.45, 2.75) is 45.0 Å². The predicted octanol–water partition coefficient (Wildman–Crippen LogP) is 3.79. The predicted molar refractivity (Wildman–Crippen MR) is 81.4 cm³/mol. The van der Waals surface area contributed by atoms with E-state index in [4.69, 9.17) is 4.74 Å². The van der Waals surface area contributed by atoms with Crippen molar-refractivity contribution in [1.29, 1.82) is 0 Å². The summed E-state index contributed by atoms with van der Waals surface area (Å²) in [6, 6.07) is 1.34. The first kappa shape index (κ1) is 19.0. The molecular formula is C16H18F4N2O3. The number of ether oxygens (including phenoxy) is 1. The van der Waals surface area contributed by atoms with E-state index < -0.39 is 41.2 Å². The molecule has 1 heterocycles. The molecule has 1 aromatic rings. The second-order valence-corrected chi connectivity index (χ2v) is 6.66. The van der Waals surface area contributed by atoms with Gasteiger partial charge in [0.25, 0.3) is 0 Å². The quantitative estimate of drug-likeness (QED) is 0.815. The Bertz CT molecular complexity index is 683. The number of hydrogen-bond donors (Lipinski definition) is 1. The van der Waals surface area contributed by atoms with E-state index in [9.17, 15) is 27.2 Å². The second kappa shape index (κ2) is 6.53. The van der Waals surface area contributed by atoms with Gasteiger partial charge in [0.2, 0.25) is 5.91 Å². The maximum Gasteiger partial charge on any atom is 0.419 e. The lowest BCUT2D eigenvalue weighted by Crippen LogP contribution is -2.57.